The van der Waals surface area contributed by atoms with Crippen LogP contribution in [0.1, 0.15) is 99.8 Å². The first-order valence-electron chi connectivity index (χ1n) is 33.1. The van der Waals surface area contributed by atoms with Crippen molar-refractivity contribution in [2.75, 3.05) is 0 Å². The summed E-state index contributed by atoms with van der Waals surface area (Å²) in [5.41, 5.74) is 11.6. The summed E-state index contributed by atoms with van der Waals surface area (Å²) in [5, 5.41) is 23.6. The minimum Gasteiger partial charge on any atom is -0.201 e. The molecule has 0 aliphatic heterocycles. The summed E-state index contributed by atoms with van der Waals surface area (Å²) in [6, 6.07) is 85.9. The number of benzene rings is 12. The van der Waals surface area contributed by atoms with Crippen LogP contribution in [-0.2, 0) is 21.1 Å². The number of pyridine rings is 3. The second kappa shape index (κ2) is 32.6. The predicted molar refractivity (Wildman–Crippen MR) is 399 cm³/mol. The van der Waals surface area contributed by atoms with Gasteiger partial charge in [0, 0.05) is 36.4 Å². The lowest BCUT2D eigenvalue weighted by atomic mass is 9.91. The van der Waals surface area contributed by atoms with Gasteiger partial charge in [-0.1, -0.05) is 253 Å². The minimum atomic E-state index is 1.25. The highest BCUT2D eigenvalue weighted by molar-refractivity contribution is 6.23. The van der Waals surface area contributed by atoms with Crippen molar-refractivity contribution in [1.82, 2.24) is 0 Å². The molecule has 3 heterocycles. The van der Waals surface area contributed by atoms with E-state index in [1.54, 1.807) is 0 Å². The molecule has 0 unspecified atom stereocenters. The normalized spacial score (nSPS) is 10.3. The maximum atomic E-state index is 2.33. The van der Waals surface area contributed by atoms with Crippen molar-refractivity contribution >= 4 is 97.0 Å². The lowest BCUT2D eigenvalue weighted by Gasteiger charge is -2.13. The summed E-state index contributed by atoms with van der Waals surface area (Å²) < 4.78 is 6.60. The molecule has 0 saturated carbocycles. The largest absolute Gasteiger partial charge is 0.213 e. The second-order valence-electron chi connectivity index (χ2n) is 21.0. The molecule has 0 amide bonds. The molecule has 0 atom stereocenters. The number of aryl methyl sites for hydroxylation is 6. The van der Waals surface area contributed by atoms with Gasteiger partial charge in [-0.3, -0.25) is 0 Å². The Labute approximate surface area is 538 Å². The van der Waals surface area contributed by atoms with Crippen LogP contribution in [0.5, 0.6) is 0 Å². The van der Waals surface area contributed by atoms with Crippen LogP contribution in [0.4, 0.5) is 0 Å². The summed E-state index contributed by atoms with van der Waals surface area (Å²) in [6.45, 7) is 30.6. The summed E-state index contributed by atoms with van der Waals surface area (Å²) in [5.74, 6) is 0. The Hall–Kier alpha value is -9.57. The number of hydrogen-bond donors (Lipinski definition) is 0. The van der Waals surface area contributed by atoms with Crippen molar-refractivity contribution in [2.45, 2.75) is 104 Å². The van der Waals surface area contributed by atoms with Gasteiger partial charge in [0.15, 0.2) is 18.6 Å². The first-order valence-corrected chi connectivity index (χ1v) is 33.1. The van der Waals surface area contributed by atoms with Gasteiger partial charge >= 0.3 is 0 Å². The highest BCUT2D eigenvalue weighted by Gasteiger charge is 2.20. The number of aromatic nitrogens is 3. The number of hydrogen-bond acceptors (Lipinski definition) is 0. The van der Waals surface area contributed by atoms with Gasteiger partial charge in [-0.05, 0) is 165 Å². The molecule has 12 aromatic carbocycles. The summed E-state index contributed by atoms with van der Waals surface area (Å²) in [7, 11) is 6.34. The average Bonchev–Trinajstić information content (AvgIpc) is 0.779. The fraction of sp³-hybridized carbons (Fsp3) is 0.207. The Kier molecular flexibility index (Phi) is 24.6. The van der Waals surface area contributed by atoms with Gasteiger partial charge in [0.05, 0.1) is 16.7 Å². The lowest BCUT2D eigenvalue weighted by molar-refractivity contribution is -0.660. The van der Waals surface area contributed by atoms with E-state index in [0.717, 1.165) is 0 Å². The smallest absolute Gasteiger partial charge is 0.201 e. The first kappa shape index (κ1) is 67.9. The van der Waals surface area contributed by atoms with E-state index < -0.39 is 0 Å². The predicted octanol–water partition coefficient (Wildman–Crippen LogP) is 24.0. The monoisotopic (exact) mass is 1180 g/mol. The zero-order valence-electron chi connectivity index (χ0n) is 57.1. The van der Waals surface area contributed by atoms with Crippen LogP contribution in [0.15, 0.2) is 255 Å². The zero-order valence-corrected chi connectivity index (χ0v) is 57.1. The topological polar surface area (TPSA) is 11.6 Å². The third kappa shape index (κ3) is 13.8. The van der Waals surface area contributed by atoms with Crippen molar-refractivity contribution in [3.8, 4) is 33.8 Å². The average molecular weight is 1180 g/mol. The van der Waals surface area contributed by atoms with E-state index in [-0.39, 0.29) is 0 Å². The standard InChI is InChI=1S/3C25H20N.6C2H6/c1-17-10-14-22-21(24(17)23-9-5-6-16-26(23)2)15-13-19-12-11-18-7-3-4-8-20(18)25(19)22;1-17-10-12-22-21-13-11-18-7-3-4-8-19(18)20(21)14-15-23(22)25(17)24-9-5-6-16-26(24)2;1-17-10-12-21-22(25(17)24-9-5-6-14-26(24)2)13-11-20-15-18-7-3-4-8-19(18)16-23(20)21;6*1-2/h3*3-16H,1-2H3;6*1-2H3/q3*+1;;;;;;. The number of rotatable bonds is 3. The molecule has 90 heavy (non-hydrogen) atoms. The first-order chi connectivity index (χ1) is 44.2. The number of fused-ring (bicyclic) bond motifs is 14. The quantitative estimate of drug-likeness (QED) is 0.0949. The van der Waals surface area contributed by atoms with Crippen molar-refractivity contribution in [1.29, 1.82) is 0 Å². The van der Waals surface area contributed by atoms with Gasteiger partial charge in [-0.15, -0.1) is 0 Å². The van der Waals surface area contributed by atoms with Gasteiger partial charge in [-0.25, -0.2) is 13.7 Å². The molecule has 0 spiro atoms. The van der Waals surface area contributed by atoms with E-state index in [9.17, 15) is 0 Å². The van der Waals surface area contributed by atoms with E-state index in [2.05, 4.69) is 311 Å². The van der Waals surface area contributed by atoms with Gasteiger partial charge in [0.2, 0.25) is 17.1 Å². The molecule has 3 aromatic heterocycles. The molecule has 0 aliphatic carbocycles. The second-order valence-corrected chi connectivity index (χ2v) is 21.0. The molecule has 0 N–H and O–H groups in total. The molecule has 0 aliphatic rings. The molecule has 0 fully saturated rings. The van der Waals surface area contributed by atoms with Crippen LogP contribution in [0.3, 0.4) is 0 Å². The van der Waals surface area contributed by atoms with E-state index in [4.69, 9.17) is 0 Å². The van der Waals surface area contributed by atoms with E-state index >= 15 is 0 Å². The fourth-order valence-electron chi connectivity index (χ4n) is 12.3. The lowest BCUT2D eigenvalue weighted by Crippen LogP contribution is -2.30. The summed E-state index contributed by atoms with van der Waals surface area (Å²) in [6.07, 6.45) is 6.34. The Morgan fingerprint density at radius 2 is 0.489 bits per heavy atom. The Morgan fingerprint density at radius 1 is 0.200 bits per heavy atom. The van der Waals surface area contributed by atoms with E-state index in [1.807, 2.05) is 83.1 Å². The van der Waals surface area contributed by atoms with Crippen LogP contribution < -0.4 is 13.7 Å². The molecule has 0 radical (unpaired) electrons. The van der Waals surface area contributed by atoms with Gasteiger partial charge in [-0.2, -0.15) is 0 Å². The Morgan fingerprint density at radius 3 is 0.978 bits per heavy atom. The van der Waals surface area contributed by atoms with Gasteiger partial charge in [0.25, 0.3) is 0 Å². The summed E-state index contributed by atoms with van der Waals surface area (Å²) >= 11 is 0. The maximum absolute atomic E-state index is 2.33. The molecule has 3 nitrogen and oxygen atoms in total. The maximum Gasteiger partial charge on any atom is 0.213 e. The van der Waals surface area contributed by atoms with Gasteiger partial charge in [0.1, 0.15) is 21.1 Å². The molecule has 15 rings (SSSR count). The van der Waals surface area contributed by atoms with Gasteiger partial charge < -0.3 is 0 Å². The highest BCUT2D eigenvalue weighted by atomic mass is 14.9. The van der Waals surface area contributed by atoms with Crippen molar-refractivity contribution < 1.29 is 13.7 Å². The van der Waals surface area contributed by atoms with E-state index in [1.165, 1.54) is 147 Å². The molecular weight excluding hydrogens is 1090 g/mol. The van der Waals surface area contributed by atoms with Crippen LogP contribution >= 0.6 is 0 Å². The van der Waals surface area contributed by atoms with Crippen LogP contribution in [0.2, 0.25) is 0 Å². The third-order valence-corrected chi connectivity index (χ3v) is 16.3. The van der Waals surface area contributed by atoms with Crippen molar-refractivity contribution in [3.63, 3.8) is 0 Å². The molecule has 0 bridgehead atoms. The Balaban J connectivity index is 0.000000177. The molecule has 15 aromatic rings. The van der Waals surface area contributed by atoms with E-state index in [0.29, 0.717) is 0 Å². The molecule has 3 heteroatoms. The van der Waals surface area contributed by atoms with Crippen molar-refractivity contribution in [3.05, 3.63) is 272 Å². The van der Waals surface area contributed by atoms with Crippen molar-refractivity contribution in [2.24, 2.45) is 21.1 Å². The molecule has 456 valence electrons. The number of nitrogens with zero attached hydrogens (tertiary/aromatic N) is 3. The SMILES string of the molecule is CC.CC.CC.CC.CC.CC.Cc1ccc2c(ccc3c4ccccc4ccc23)c1-c1cccc[n+]1C.Cc1ccc2c(ccc3cc4ccccc4cc32)c1-c1cccc[n+]1C.Cc1ccc2c(ccc3ccc4ccccc4c32)c1-c1cccc[n+]1C. The zero-order chi connectivity index (χ0) is 65.0. The van der Waals surface area contributed by atoms with Crippen LogP contribution in [0.25, 0.3) is 131 Å². The molecular formula is C87H96N3+3. The third-order valence-electron chi connectivity index (χ3n) is 16.3. The molecule has 0 saturated heterocycles. The fourth-order valence-corrected chi connectivity index (χ4v) is 12.3. The van der Waals surface area contributed by atoms with Crippen LogP contribution in [-0.4, -0.2) is 0 Å². The Bertz CT molecular complexity index is 4760. The summed E-state index contributed by atoms with van der Waals surface area (Å²) in [4.78, 5) is 0. The highest BCUT2D eigenvalue weighted by Crippen LogP contribution is 2.40. The minimum absolute atomic E-state index is 1.25. The van der Waals surface area contributed by atoms with Crippen LogP contribution in [0, 0.1) is 20.8 Å².